The average Bonchev–Trinajstić information content (AvgIpc) is 2.70. The quantitative estimate of drug-likeness (QED) is 0.883. The molecule has 0 bridgehead atoms. The Morgan fingerprint density at radius 3 is 3.06 bits per heavy atom. The molecule has 1 aliphatic rings. The molecule has 1 atom stereocenters. The van der Waals surface area contributed by atoms with Crippen LogP contribution in [0.1, 0.15) is 18.1 Å². The van der Waals surface area contributed by atoms with Gasteiger partial charge in [0, 0.05) is 17.0 Å². The predicted molar refractivity (Wildman–Crippen MR) is 61.2 cm³/mol. The van der Waals surface area contributed by atoms with Crippen molar-refractivity contribution < 1.29 is 14.6 Å². The van der Waals surface area contributed by atoms with Crippen LogP contribution in [-0.4, -0.2) is 17.7 Å². The van der Waals surface area contributed by atoms with Crippen LogP contribution in [-0.2, 0) is 17.6 Å². The Bertz CT molecular complexity index is 429. The van der Waals surface area contributed by atoms with Gasteiger partial charge < -0.3 is 9.84 Å². The van der Waals surface area contributed by atoms with E-state index >= 15 is 0 Å². The first-order valence-corrected chi connectivity index (χ1v) is 5.63. The molecule has 0 aromatic heterocycles. The van der Waals surface area contributed by atoms with Crippen molar-refractivity contribution in [1.82, 2.24) is 0 Å². The van der Waals surface area contributed by atoms with Gasteiger partial charge in [-0.15, -0.1) is 0 Å². The van der Waals surface area contributed by atoms with Crippen molar-refractivity contribution in [1.29, 1.82) is 0 Å². The second kappa shape index (κ2) is 4.34. The highest BCUT2D eigenvalue weighted by molar-refractivity contribution is 6.31. The number of rotatable bonds is 3. The van der Waals surface area contributed by atoms with Crippen molar-refractivity contribution in [2.24, 2.45) is 5.92 Å². The van der Waals surface area contributed by atoms with E-state index in [-0.39, 0.29) is 0 Å². The molecule has 1 aromatic rings. The van der Waals surface area contributed by atoms with Gasteiger partial charge in [-0.3, -0.25) is 4.79 Å². The summed E-state index contributed by atoms with van der Waals surface area (Å²) in [5, 5.41) is 9.54. The van der Waals surface area contributed by atoms with E-state index in [0.29, 0.717) is 18.1 Å². The molecule has 0 saturated carbocycles. The van der Waals surface area contributed by atoms with Crippen LogP contribution in [0.3, 0.4) is 0 Å². The SMILES string of the molecule is CC(Cc1c(Cl)ccc2c1CCO2)C(=O)O. The molecule has 0 spiro atoms. The topological polar surface area (TPSA) is 46.5 Å². The van der Waals surface area contributed by atoms with Gasteiger partial charge in [0.25, 0.3) is 0 Å². The van der Waals surface area contributed by atoms with Gasteiger partial charge in [0.05, 0.1) is 12.5 Å². The first kappa shape index (κ1) is 11.3. The van der Waals surface area contributed by atoms with Crippen LogP contribution in [0, 0.1) is 5.92 Å². The van der Waals surface area contributed by atoms with Crippen LogP contribution < -0.4 is 4.74 Å². The third-order valence-corrected chi connectivity index (χ3v) is 3.23. The van der Waals surface area contributed by atoms with Crippen molar-refractivity contribution in [2.75, 3.05) is 6.61 Å². The summed E-state index contributed by atoms with van der Waals surface area (Å²) in [5.74, 6) is -0.380. The smallest absolute Gasteiger partial charge is 0.306 e. The van der Waals surface area contributed by atoms with Crippen molar-refractivity contribution in [3.63, 3.8) is 0 Å². The molecule has 1 unspecified atom stereocenters. The molecule has 4 heteroatoms. The van der Waals surface area contributed by atoms with Crippen LogP contribution in [0.25, 0.3) is 0 Å². The minimum absolute atomic E-state index is 0.426. The number of carboxylic acids is 1. The second-order valence-corrected chi connectivity index (χ2v) is 4.45. The third-order valence-electron chi connectivity index (χ3n) is 2.87. The number of hydrogen-bond donors (Lipinski definition) is 1. The standard InChI is InChI=1S/C12H13ClO3/c1-7(12(14)15)6-9-8-4-5-16-11(8)3-2-10(9)13/h2-3,7H,4-6H2,1H3,(H,14,15). The van der Waals surface area contributed by atoms with E-state index in [0.717, 1.165) is 23.3 Å². The fourth-order valence-electron chi connectivity index (χ4n) is 1.93. The van der Waals surface area contributed by atoms with E-state index in [2.05, 4.69) is 0 Å². The molecule has 3 nitrogen and oxygen atoms in total. The Hall–Kier alpha value is -1.22. The molecule has 1 heterocycles. The molecular formula is C12H13ClO3. The number of ether oxygens (including phenoxy) is 1. The summed E-state index contributed by atoms with van der Waals surface area (Å²) in [4.78, 5) is 10.8. The van der Waals surface area contributed by atoms with Crippen molar-refractivity contribution in [3.05, 3.63) is 28.3 Å². The lowest BCUT2D eigenvalue weighted by Gasteiger charge is -2.12. The largest absolute Gasteiger partial charge is 0.493 e. The van der Waals surface area contributed by atoms with E-state index in [1.165, 1.54) is 0 Å². The second-order valence-electron chi connectivity index (χ2n) is 4.04. The lowest BCUT2D eigenvalue weighted by molar-refractivity contribution is -0.141. The van der Waals surface area contributed by atoms with Gasteiger partial charge in [-0.05, 0) is 24.1 Å². The summed E-state index contributed by atoms with van der Waals surface area (Å²) in [5.41, 5.74) is 1.99. The summed E-state index contributed by atoms with van der Waals surface area (Å²) >= 11 is 6.11. The summed E-state index contributed by atoms with van der Waals surface area (Å²) < 4.78 is 5.43. The number of fused-ring (bicyclic) bond motifs is 1. The third kappa shape index (κ3) is 2.00. The Morgan fingerprint density at radius 1 is 1.62 bits per heavy atom. The van der Waals surface area contributed by atoms with Crippen LogP contribution in [0.4, 0.5) is 0 Å². The fraction of sp³-hybridized carbons (Fsp3) is 0.417. The number of aliphatic carboxylic acids is 1. The van der Waals surface area contributed by atoms with Gasteiger partial charge in [-0.25, -0.2) is 0 Å². The molecular weight excluding hydrogens is 228 g/mol. The van der Waals surface area contributed by atoms with Gasteiger partial charge in [-0.1, -0.05) is 18.5 Å². The number of carboxylic acid groups (broad SMARTS) is 1. The molecule has 0 radical (unpaired) electrons. The summed E-state index contributed by atoms with van der Waals surface area (Å²) in [6, 6.07) is 3.62. The Balaban J connectivity index is 2.33. The maximum absolute atomic E-state index is 10.8. The van der Waals surface area contributed by atoms with Crippen LogP contribution >= 0.6 is 11.6 Å². The van der Waals surface area contributed by atoms with Gasteiger partial charge in [-0.2, -0.15) is 0 Å². The van der Waals surface area contributed by atoms with Gasteiger partial charge >= 0.3 is 5.97 Å². The maximum Gasteiger partial charge on any atom is 0.306 e. The molecule has 0 amide bonds. The van der Waals surface area contributed by atoms with Gasteiger partial charge in [0.15, 0.2) is 0 Å². The van der Waals surface area contributed by atoms with Crippen molar-refractivity contribution >= 4 is 17.6 Å². The molecule has 0 aliphatic carbocycles. The highest BCUT2D eigenvalue weighted by Crippen LogP contribution is 2.34. The molecule has 2 rings (SSSR count). The zero-order valence-corrected chi connectivity index (χ0v) is 9.75. The Kier molecular flexibility index (Phi) is 3.06. The average molecular weight is 241 g/mol. The highest BCUT2D eigenvalue weighted by atomic mass is 35.5. The zero-order valence-electron chi connectivity index (χ0n) is 9.00. The van der Waals surface area contributed by atoms with Crippen LogP contribution in [0.2, 0.25) is 5.02 Å². The number of carbonyl (C=O) groups is 1. The van der Waals surface area contributed by atoms with Crippen LogP contribution in [0.15, 0.2) is 12.1 Å². The highest BCUT2D eigenvalue weighted by Gasteiger charge is 2.22. The summed E-state index contributed by atoms with van der Waals surface area (Å²) in [6.07, 6.45) is 1.28. The molecule has 1 N–H and O–H groups in total. The van der Waals surface area contributed by atoms with Gasteiger partial charge in [0.2, 0.25) is 0 Å². The molecule has 1 aliphatic heterocycles. The number of halogens is 1. The summed E-state index contributed by atoms with van der Waals surface area (Å²) in [6.45, 7) is 2.35. The minimum Gasteiger partial charge on any atom is -0.493 e. The molecule has 16 heavy (non-hydrogen) atoms. The Morgan fingerprint density at radius 2 is 2.38 bits per heavy atom. The fourth-order valence-corrected chi connectivity index (χ4v) is 2.18. The van der Waals surface area contributed by atoms with Crippen LogP contribution in [0.5, 0.6) is 5.75 Å². The van der Waals surface area contributed by atoms with Crippen molar-refractivity contribution in [2.45, 2.75) is 19.8 Å². The van der Waals surface area contributed by atoms with Crippen molar-refractivity contribution in [3.8, 4) is 5.75 Å². The van der Waals surface area contributed by atoms with E-state index in [1.807, 2.05) is 6.07 Å². The molecule has 1 aromatic carbocycles. The first-order valence-electron chi connectivity index (χ1n) is 5.25. The zero-order chi connectivity index (χ0) is 11.7. The molecule has 0 fully saturated rings. The van der Waals surface area contributed by atoms with E-state index in [1.54, 1.807) is 13.0 Å². The lowest BCUT2D eigenvalue weighted by atomic mass is 9.95. The monoisotopic (exact) mass is 240 g/mol. The first-order chi connectivity index (χ1) is 7.59. The maximum atomic E-state index is 10.8. The predicted octanol–water partition coefficient (Wildman–Crippen LogP) is 2.54. The number of hydrogen-bond acceptors (Lipinski definition) is 2. The normalized spacial score (nSPS) is 15.4. The Labute approximate surface area is 99.0 Å². The van der Waals surface area contributed by atoms with E-state index < -0.39 is 11.9 Å². The number of benzene rings is 1. The van der Waals surface area contributed by atoms with Gasteiger partial charge in [0.1, 0.15) is 5.75 Å². The lowest BCUT2D eigenvalue weighted by Crippen LogP contribution is -2.13. The molecule has 86 valence electrons. The summed E-state index contributed by atoms with van der Waals surface area (Å²) in [7, 11) is 0. The molecule has 0 saturated heterocycles. The minimum atomic E-state index is -0.799. The van der Waals surface area contributed by atoms with E-state index in [9.17, 15) is 4.79 Å². The van der Waals surface area contributed by atoms with E-state index in [4.69, 9.17) is 21.4 Å².